The van der Waals surface area contributed by atoms with Gasteiger partial charge in [0.1, 0.15) is 6.10 Å². The van der Waals surface area contributed by atoms with Crippen molar-refractivity contribution in [3.8, 4) is 5.69 Å². The van der Waals surface area contributed by atoms with Crippen LogP contribution in [0.5, 0.6) is 0 Å². The number of benzene rings is 2. The van der Waals surface area contributed by atoms with Crippen molar-refractivity contribution in [3.63, 3.8) is 0 Å². The molecule has 0 N–H and O–H groups in total. The predicted molar refractivity (Wildman–Crippen MR) is 148 cm³/mol. The Morgan fingerprint density at radius 1 is 1.15 bits per heavy atom. The molecule has 0 amide bonds. The van der Waals surface area contributed by atoms with Gasteiger partial charge in [-0.2, -0.15) is 13.2 Å². The maximum absolute atomic E-state index is 13.3. The van der Waals surface area contributed by atoms with Crippen LogP contribution < -0.4 is 0 Å². The molecule has 0 saturated carbocycles. The summed E-state index contributed by atoms with van der Waals surface area (Å²) in [6.07, 6.45) is 3.18. The van der Waals surface area contributed by atoms with Gasteiger partial charge in [0.15, 0.2) is 11.4 Å². The molecule has 0 bridgehead atoms. The quantitative estimate of drug-likeness (QED) is 0.311. The van der Waals surface area contributed by atoms with E-state index in [4.69, 9.17) is 9.36 Å². The first kappa shape index (κ1) is 26.0. The fourth-order valence-corrected chi connectivity index (χ4v) is 7.92. The van der Waals surface area contributed by atoms with Crippen LogP contribution in [0.4, 0.5) is 13.2 Å². The van der Waals surface area contributed by atoms with E-state index in [2.05, 4.69) is 20.2 Å². The number of nitrogens with zero attached hydrogens (tertiary/aromatic N) is 5. The highest BCUT2D eigenvalue weighted by atomic mass is 32.2. The largest absolute Gasteiger partial charge is 0.416 e. The summed E-state index contributed by atoms with van der Waals surface area (Å²) >= 11 is 0. The van der Waals surface area contributed by atoms with Crippen LogP contribution in [0.3, 0.4) is 0 Å². The van der Waals surface area contributed by atoms with Crippen molar-refractivity contribution in [2.24, 2.45) is 10.6 Å². The summed E-state index contributed by atoms with van der Waals surface area (Å²) in [6, 6.07) is 8.81. The van der Waals surface area contributed by atoms with E-state index >= 15 is 0 Å². The number of rotatable bonds is 3. The van der Waals surface area contributed by atoms with E-state index < -0.39 is 28.6 Å². The van der Waals surface area contributed by atoms with Gasteiger partial charge in [-0.25, -0.2) is 4.98 Å². The standard InChI is InChI=1S/C29H26F3N5O3S/c1-17-12-36(16-33-17)24-8-5-20(23-11-34-40-26(23)24)9-21-10-28(14-41(38)15-28)13-37-25(18(2)39-35-27(21)37)19-3-6-22(7-4-19)29(30,31)32/h3-9,11-12,16,18,25H,10,13-15H2,1-2H3/b21-9+. The number of alkyl halides is 3. The second kappa shape index (κ2) is 9.30. The average molecular weight is 582 g/mol. The molecule has 3 aliphatic rings. The molecule has 212 valence electrons. The molecule has 8 nitrogen and oxygen atoms in total. The Hall–Kier alpha value is -3.93. The van der Waals surface area contributed by atoms with Crippen LogP contribution in [0.2, 0.25) is 0 Å². The van der Waals surface area contributed by atoms with Gasteiger partial charge in [-0.05, 0) is 61.2 Å². The second-order valence-electron chi connectivity index (χ2n) is 11.2. The van der Waals surface area contributed by atoms with Crippen LogP contribution in [-0.4, -0.2) is 53.8 Å². The van der Waals surface area contributed by atoms with Crippen molar-refractivity contribution in [2.75, 3.05) is 18.1 Å². The fourth-order valence-electron chi connectivity index (χ4n) is 6.25. The Labute approximate surface area is 235 Å². The summed E-state index contributed by atoms with van der Waals surface area (Å²) in [5, 5.41) is 9.36. The highest BCUT2D eigenvalue weighted by Crippen LogP contribution is 2.47. The van der Waals surface area contributed by atoms with Gasteiger partial charge >= 0.3 is 6.18 Å². The molecule has 2 atom stereocenters. The molecule has 7 rings (SSSR count). The molecule has 4 aromatic rings. The summed E-state index contributed by atoms with van der Waals surface area (Å²) in [7, 11) is -0.902. The van der Waals surface area contributed by atoms with Gasteiger partial charge in [-0.3, -0.25) is 4.21 Å². The average Bonchev–Trinajstić information content (AvgIpc) is 3.57. The minimum atomic E-state index is -4.42. The van der Waals surface area contributed by atoms with Gasteiger partial charge in [0.25, 0.3) is 0 Å². The van der Waals surface area contributed by atoms with Crippen LogP contribution in [-0.2, 0) is 21.8 Å². The molecule has 0 aliphatic carbocycles. The molecule has 2 unspecified atom stereocenters. The molecule has 2 aromatic carbocycles. The SMILES string of the molecule is Cc1cn(-c2ccc(/C=C3\CC4(CN5C3=NOC(C)C5c3ccc(C(F)(F)F)cc3)CS(=O)C4)c3cnoc23)cn1. The fraction of sp³-hybridized carbons (Fsp3) is 0.345. The van der Waals surface area contributed by atoms with Crippen molar-refractivity contribution >= 4 is 33.7 Å². The van der Waals surface area contributed by atoms with E-state index in [1.807, 2.05) is 42.8 Å². The van der Waals surface area contributed by atoms with E-state index in [-0.39, 0.29) is 11.5 Å². The lowest BCUT2D eigenvalue weighted by Crippen LogP contribution is -2.60. The van der Waals surface area contributed by atoms with Crippen molar-refractivity contribution in [1.82, 2.24) is 19.6 Å². The monoisotopic (exact) mass is 581 g/mol. The van der Waals surface area contributed by atoms with Crippen molar-refractivity contribution in [1.29, 1.82) is 0 Å². The van der Waals surface area contributed by atoms with Crippen molar-refractivity contribution < 1.29 is 26.7 Å². The molecule has 2 saturated heterocycles. The normalized spacial score (nSPS) is 27.0. The molecular formula is C29H26F3N5O3S. The summed E-state index contributed by atoms with van der Waals surface area (Å²) in [5.41, 5.74) is 3.87. The number of aromatic nitrogens is 3. The number of aryl methyl sites for hydroxylation is 1. The van der Waals surface area contributed by atoms with Gasteiger partial charge < -0.3 is 18.8 Å². The smallest absolute Gasteiger partial charge is 0.389 e. The number of oxime groups is 1. The molecule has 2 aromatic heterocycles. The summed E-state index contributed by atoms with van der Waals surface area (Å²) in [4.78, 5) is 12.3. The van der Waals surface area contributed by atoms with Gasteiger partial charge in [0.05, 0.1) is 40.9 Å². The summed E-state index contributed by atoms with van der Waals surface area (Å²) < 4.78 is 59.7. The van der Waals surface area contributed by atoms with Crippen molar-refractivity contribution in [3.05, 3.63) is 83.1 Å². The lowest BCUT2D eigenvalue weighted by Gasteiger charge is -2.53. The molecule has 41 heavy (non-hydrogen) atoms. The molecule has 0 radical (unpaired) electrons. The Bertz CT molecular complexity index is 1730. The van der Waals surface area contributed by atoms with Gasteiger partial charge in [-0.15, -0.1) is 0 Å². The number of fused-ring (bicyclic) bond motifs is 2. The molecule has 12 heteroatoms. The molecule has 3 aliphatic heterocycles. The summed E-state index contributed by atoms with van der Waals surface area (Å²) in [6.45, 7) is 4.37. The zero-order valence-electron chi connectivity index (χ0n) is 22.3. The van der Waals surface area contributed by atoms with E-state index in [0.29, 0.717) is 41.5 Å². The lowest BCUT2D eigenvalue weighted by molar-refractivity contribution is -0.137. The maximum atomic E-state index is 13.3. The first-order chi connectivity index (χ1) is 19.6. The molecule has 2 fully saturated rings. The van der Waals surface area contributed by atoms with Crippen LogP contribution in [0.25, 0.3) is 22.7 Å². The highest BCUT2D eigenvalue weighted by Gasteiger charge is 2.52. The van der Waals surface area contributed by atoms with E-state index in [0.717, 1.165) is 40.0 Å². The molecular weight excluding hydrogens is 555 g/mol. The number of hydrogen-bond donors (Lipinski definition) is 0. The maximum Gasteiger partial charge on any atom is 0.416 e. The second-order valence-corrected chi connectivity index (χ2v) is 12.6. The number of piperidine rings is 1. The number of halogens is 3. The van der Waals surface area contributed by atoms with Crippen LogP contribution in [0.15, 0.2) is 70.4 Å². The zero-order chi connectivity index (χ0) is 28.5. The third kappa shape index (κ3) is 4.44. The highest BCUT2D eigenvalue weighted by molar-refractivity contribution is 7.86. The minimum Gasteiger partial charge on any atom is -0.389 e. The third-order valence-electron chi connectivity index (χ3n) is 8.08. The predicted octanol–water partition coefficient (Wildman–Crippen LogP) is 5.65. The minimum absolute atomic E-state index is 0.223. The van der Waals surface area contributed by atoms with Gasteiger partial charge in [0, 0.05) is 40.5 Å². The first-order valence-electron chi connectivity index (χ1n) is 13.2. The van der Waals surface area contributed by atoms with Crippen molar-refractivity contribution in [2.45, 2.75) is 38.6 Å². The van der Waals surface area contributed by atoms with Gasteiger partial charge in [0.2, 0.25) is 0 Å². The molecule has 1 spiro atoms. The third-order valence-corrected chi connectivity index (χ3v) is 9.95. The van der Waals surface area contributed by atoms with E-state index in [1.165, 1.54) is 12.1 Å². The Morgan fingerprint density at radius 3 is 2.61 bits per heavy atom. The van der Waals surface area contributed by atoms with Crippen LogP contribution in [0, 0.1) is 12.3 Å². The van der Waals surface area contributed by atoms with E-state index in [1.54, 1.807) is 12.5 Å². The number of amidine groups is 1. The number of imidazole rings is 1. The topological polar surface area (TPSA) is 85.8 Å². The lowest BCUT2D eigenvalue weighted by atomic mass is 9.77. The Morgan fingerprint density at radius 2 is 1.93 bits per heavy atom. The van der Waals surface area contributed by atoms with Gasteiger partial charge in [-0.1, -0.05) is 28.5 Å². The van der Waals surface area contributed by atoms with Crippen LogP contribution >= 0.6 is 0 Å². The zero-order valence-corrected chi connectivity index (χ0v) is 23.1. The van der Waals surface area contributed by atoms with E-state index in [9.17, 15) is 17.4 Å². The molecule has 5 heterocycles. The summed E-state index contributed by atoms with van der Waals surface area (Å²) in [5.74, 6) is 1.75. The first-order valence-corrected chi connectivity index (χ1v) is 14.7. The Kier molecular flexibility index (Phi) is 5.90. The van der Waals surface area contributed by atoms with Crippen LogP contribution in [0.1, 0.15) is 41.8 Å². The number of hydrogen-bond acceptors (Lipinski definition) is 7. The Balaban J connectivity index is 1.30.